The van der Waals surface area contributed by atoms with Crippen LogP contribution in [-0.4, -0.2) is 62.1 Å². The topological polar surface area (TPSA) is 111 Å². The summed E-state index contributed by atoms with van der Waals surface area (Å²) in [7, 11) is 2.35. The maximum atomic E-state index is 12.7. The quantitative estimate of drug-likeness (QED) is 0.438. The van der Waals surface area contributed by atoms with E-state index in [0.717, 1.165) is 18.9 Å². The highest BCUT2D eigenvalue weighted by atomic mass is 16.5. The number of anilines is 1. The second-order valence-corrected chi connectivity index (χ2v) is 6.31. The molecule has 2 heterocycles. The van der Waals surface area contributed by atoms with Crippen LogP contribution in [0.2, 0.25) is 0 Å². The molecule has 0 saturated carbocycles. The van der Waals surface area contributed by atoms with E-state index in [1.807, 2.05) is 0 Å². The molecular formula is C19H20N2O7. The molecule has 1 aromatic rings. The molecule has 28 heavy (non-hydrogen) atoms. The highest BCUT2D eigenvalue weighted by Crippen LogP contribution is 2.28. The van der Waals surface area contributed by atoms with Crippen molar-refractivity contribution in [2.24, 2.45) is 0 Å². The summed E-state index contributed by atoms with van der Waals surface area (Å²) in [5.74, 6) is -2.33. The minimum absolute atomic E-state index is 0.145. The van der Waals surface area contributed by atoms with E-state index in [4.69, 9.17) is 4.74 Å². The van der Waals surface area contributed by atoms with Gasteiger partial charge >= 0.3 is 11.9 Å². The van der Waals surface area contributed by atoms with Gasteiger partial charge in [-0.1, -0.05) is 0 Å². The van der Waals surface area contributed by atoms with Gasteiger partial charge in [0.05, 0.1) is 44.1 Å². The number of rotatable bonds is 6. The standard InChI is InChI=1S/C19H20N2O7/c1-26-16(22)9-15(19(25)27-2)20-11-5-6-13-14(8-11)18(24)21(17(13)23)10-12-4-3-7-28-12/h5-6,8-9,12,20H,3-4,7,10H2,1-2H3/b15-9+. The van der Waals surface area contributed by atoms with Crippen molar-refractivity contribution in [3.63, 3.8) is 0 Å². The largest absolute Gasteiger partial charge is 0.466 e. The van der Waals surface area contributed by atoms with Crippen molar-refractivity contribution in [1.29, 1.82) is 0 Å². The van der Waals surface area contributed by atoms with Gasteiger partial charge < -0.3 is 19.5 Å². The Bertz CT molecular complexity index is 856. The molecule has 3 rings (SSSR count). The van der Waals surface area contributed by atoms with Gasteiger partial charge in [0.15, 0.2) is 0 Å². The van der Waals surface area contributed by atoms with Gasteiger partial charge in [-0.2, -0.15) is 0 Å². The van der Waals surface area contributed by atoms with Crippen LogP contribution in [0.4, 0.5) is 5.69 Å². The van der Waals surface area contributed by atoms with Gasteiger partial charge in [-0.15, -0.1) is 0 Å². The van der Waals surface area contributed by atoms with Gasteiger partial charge in [0.2, 0.25) is 0 Å². The van der Waals surface area contributed by atoms with Crippen LogP contribution in [0.5, 0.6) is 0 Å². The number of nitrogens with one attached hydrogen (secondary N) is 1. The third kappa shape index (κ3) is 3.89. The van der Waals surface area contributed by atoms with Crippen molar-refractivity contribution in [3.8, 4) is 0 Å². The maximum absolute atomic E-state index is 12.7. The summed E-state index contributed by atoms with van der Waals surface area (Å²) in [4.78, 5) is 49.7. The van der Waals surface area contributed by atoms with Crippen LogP contribution < -0.4 is 5.32 Å². The van der Waals surface area contributed by atoms with Crippen molar-refractivity contribution >= 4 is 29.4 Å². The van der Waals surface area contributed by atoms with Crippen molar-refractivity contribution < 1.29 is 33.4 Å². The fourth-order valence-electron chi connectivity index (χ4n) is 3.11. The summed E-state index contributed by atoms with van der Waals surface area (Å²) in [6, 6.07) is 4.49. The lowest BCUT2D eigenvalue weighted by molar-refractivity contribution is -0.138. The Morgan fingerprint density at radius 3 is 2.61 bits per heavy atom. The molecule has 1 saturated heterocycles. The number of fused-ring (bicyclic) bond motifs is 1. The van der Waals surface area contributed by atoms with Gasteiger partial charge in [0.25, 0.3) is 11.8 Å². The molecule has 0 aliphatic carbocycles. The molecule has 1 N–H and O–H groups in total. The number of ether oxygens (including phenoxy) is 3. The molecule has 2 amide bonds. The van der Waals surface area contributed by atoms with Gasteiger partial charge in [0.1, 0.15) is 5.70 Å². The predicted molar refractivity (Wildman–Crippen MR) is 96.5 cm³/mol. The first-order valence-corrected chi connectivity index (χ1v) is 8.71. The van der Waals surface area contributed by atoms with Crippen molar-refractivity contribution in [2.45, 2.75) is 18.9 Å². The van der Waals surface area contributed by atoms with E-state index < -0.39 is 17.8 Å². The van der Waals surface area contributed by atoms with Crippen molar-refractivity contribution in [2.75, 3.05) is 32.7 Å². The van der Waals surface area contributed by atoms with Gasteiger partial charge in [0, 0.05) is 12.3 Å². The molecule has 1 atom stereocenters. The van der Waals surface area contributed by atoms with E-state index in [1.54, 1.807) is 0 Å². The zero-order valence-electron chi connectivity index (χ0n) is 15.5. The number of methoxy groups -OCH3 is 2. The highest BCUT2D eigenvalue weighted by Gasteiger charge is 2.37. The Labute approximate surface area is 161 Å². The number of esters is 2. The summed E-state index contributed by atoms with van der Waals surface area (Å²) in [6.45, 7) is 0.843. The average molecular weight is 388 g/mol. The fraction of sp³-hybridized carbons (Fsp3) is 0.368. The van der Waals surface area contributed by atoms with Crippen LogP contribution >= 0.6 is 0 Å². The van der Waals surface area contributed by atoms with Crippen LogP contribution in [0, 0.1) is 0 Å². The van der Waals surface area contributed by atoms with Gasteiger partial charge in [-0.25, -0.2) is 9.59 Å². The molecule has 0 spiro atoms. The summed E-state index contributed by atoms with van der Waals surface area (Å²) >= 11 is 0. The monoisotopic (exact) mass is 388 g/mol. The molecule has 148 valence electrons. The minimum atomic E-state index is -0.784. The zero-order chi connectivity index (χ0) is 20.3. The fourth-order valence-corrected chi connectivity index (χ4v) is 3.11. The molecule has 0 bridgehead atoms. The van der Waals surface area contributed by atoms with E-state index in [1.165, 1.54) is 37.3 Å². The second kappa shape index (κ2) is 8.22. The minimum Gasteiger partial charge on any atom is -0.466 e. The zero-order valence-corrected chi connectivity index (χ0v) is 15.5. The SMILES string of the molecule is COC(=O)/C=C(/Nc1ccc2c(c1)C(=O)N(CC1CCCO1)C2=O)C(=O)OC. The lowest BCUT2D eigenvalue weighted by atomic mass is 10.1. The van der Waals surface area contributed by atoms with E-state index >= 15 is 0 Å². The summed E-state index contributed by atoms with van der Waals surface area (Å²) in [5.41, 5.74) is 0.682. The molecule has 0 radical (unpaired) electrons. The number of hydrogen-bond acceptors (Lipinski definition) is 8. The highest BCUT2D eigenvalue weighted by molar-refractivity contribution is 6.21. The Morgan fingerprint density at radius 1 is 1.21 bits per heavy atom. The van der Waals surface area contributed by atoms with Gasteiger partial charge in [-0.3, -0.25) is 14.5 Å². The van der Waals surface area contributed by atoms with Crippen LogP contribution in [0.25, 0.3) is 0 Å². The summed E-state index contributed by atoms with van der Waals surface area (Å²) in [5, 5.41) is 2.73. The number of imide groups is 1. The lowest BCUT2D eigenvalue weighted by Gasteiger charge is -2.17. The molecule has 2 aliphatic heterocycles. The number of nitrogens with zero attached hydrogens (tertiary/aromatic N) is 1. The Hall–Kier alpha value is -3.20. The Kier molecular flexibility index (Phi) is 5.74. The van der Waals surface area contributed by atoms with Crippen molar-refractivity contribution in [3.05, 3.63) is 41.1 Å². The molecule has 9 nitrogen and oxygen atoms in total. The summed E-state index contributed by atoms with van der Waals surface area (Å²) < 4.78 is 14.7. The summed E-state index contributed by atoms with van der Waals surface area (Å²) in [6.07, 6.45) is 2.51. The van der Waals surface area contributed by atoms with E-state index in [9.17, 15) is 19.2 Å². The van der Waals surface area contributed by atoms with Gasteiger partial charge in [-0.05, 0) is 31.0 Å². The third-order valence-corrected chi connectivity index (χ3v) is 4.53. The third-order valence-electron chi connectivity index (χ3n) is 4.53. The molecule has 2 aliphatic rings. The lowest BCUT2D eigenvalue weighted by Crippen LogP contribution is -2.36. The van der Waals surface area contributed by atoms with Crippen molar-refractivity contribution in [1.82, 2.24) is 4.90 Å². The molecule has 9 heteroatoms. The predicted octanol–water partition coefficient (Wildman–Crippen LogP) is 1.10. The van der Waals surface area contributed by atoms with E-state index in [-0.39, 0.29) is 35.4 Å². The first-order chi connectivity index (χ1) is 13.4. The number of carbonyl (C=O) groups is 4. The molecule has 1 aromatic carbocycles. The van der Waals surface area contributed by atoms with E-state index in [2.05, 4.69) is 14.8 Å². The molecular weight excluding hydrogens is 368 g/mol. The normalized spacial score (nSPS) is 18.9. The average Bonchev–Trinajstić information content (AvgIpc) is 3.30. The van der Waals surface area contributed by atoms with Crippen LogP contribution in [0.3, 0.4) is 0 Å². The Balaban J connectivity index is 1.82. The Morgan fingerprint density at radius 2 is 1.96 bits per heavy atom. The maximum Gasteiger partial charge on any atom is 0.354 e. The number of hydrogen-bond donors (Lipinski definition) is 1. The molecule has 1 fully saturated rings. The number of amides is 2. The number of benzene rings is 1. The van der Waals surface area contributed by atoms with Crippen LogP contribution in [0.1, 0.15) is 33.6 Å². The molecule has 0 aromatic heterocycles. The molecule has 1 unspecified atom stereocenters. The van der Waals surface area contributed by atoms with Crippen LogP contribution in [-0.2, 0) is 23.8 Å². The second-order valence-electron chi connectivity index (χ2n) is 6.31. The van der Waals surface area contributed by atoms with Crippen LogP contribution in [0.15, 0.2) is 30.0 Å². The number of carbonyl (C=O) groups excluding carboxylic acids is 4. The van der Waals surface area contributed by atoms with E-state index in [0.29, 0.717) is 12.3 Å². The first-order valence-electron chi connectivity index (χ1n) is 8.71. The first kappa shape index (κ1) is 19.6. The smallest absolute Gasteiger partial charge is 0.354 e.